The van der Waals surface area contributed by atoms with Crippen molar-refractivity contribution in [3.05, 3.63) is 23.8 Å². The molecule has 0 saturated heterocycles. The maximum absolute atomic E-state index is 11.8. The fourth-order valence-corrected chi connectivity index (χ4v) is 6.51. The number of rotatable bonds is 0. The molecule has 4 rings (SSSR count). The van der Waals surface area contributed by atoms with Gasteiger partial charge >= 0.3 is 0 Å². The molecule has 0 aliphatic heterocycles. The lowest BCUT2D eigenvalue weighted by Crippen LogP contribution is -2.57. The van der Waals surface area contributed by atoms with Gasteiger partial charge in [0.25, 0.3) is 0 Å². The molecule has 134 valence electrons. The van der Waals surface area contributed by atoms with Gasteiger partial charge in [0.2, 0.25) is 0 Å². The van der Waals surface area contributed by atoms with E-state index in [1.807, 2.05) is 19.9 Å². The molecular formula is C21H26O4. The van der Waals surface area contributed by atoms with E-state index in [1.54, 1.807) is 12.2 Å². The molecule has 4 aliphatic rings. The Hall–Kier alpha value is -1.41. The third-order valence-electron chi connectivity index (χ3n) is 7.81. The van der Waals surface area contributed by atoms with Crippen LogP contribution in [-0.4, -0.2) is 38.9 Å². The third kappa shape index (κ3) is 2.04. The van der Waals surface area contributed by atoms with Crippen molar-refractivity contribution in [3.8, 4) is 12.3 Å². The first-order valence-corrected chi connectivity index (χ1v) is 9.23. The average molecular weight is 342 g/mol. The van der Waals surface area contributed by atoms with Crippen LogP contribution in [-0.2, 0) is 4.79 Å². The van der Waals surface area contributed by atoms with E-state index in [-0.39, 0.29) is 41.8 Å². The van der Waals surface area contributed by atoms with Crippen LogP contribution >= 0.6 is 0 Å². The topological polar surface area (TPSA) is 77.8 Å². The Balaban J connectivity index is 1.79. The molecular weight excluding hydrogens is 316 g/mol. The molecule has 4 aliphatic carbocycles. The van der Waals surface area contributed by atoms with E-state index in [1.165, 1.54) is 0 Å². The van der Waals surface area contributed by atoms with Crippen molar-refractivity contribution in [1.82, 2.24) is 0 Å². The molecule has 0 spiro atoms. The van der Waals surface area contributed by atoms with E-state index < -0.39 is 23.2 Å². The molecule has 0 heterocycles. The second kappa shape index (κ2) is 5.30. The molecule has 4 heteroatoms. The Morgan fingerprint density at radius 2 is 2.08 bits per heavy atom. The van der Waals surface area contributed by atoms with Gasteiger partial charge in [-0.1, -0.05) is 25.8 Å². The first-order valence-electron chi connectivity index (χ1n) is 9.23. The molecule has 9 atom stereocenters. The molecule has 0 aromatic rings. The van der Waals surface area contributed by atoms with E-state index >= 15 is 0 Å². The van der Waals surface area contributed by atoms with Gasteiger partial charge in [-0.15, -0.1) is 6.42 Å². The summed E-state index contributed by atoms with van der Waals surface area (Å²) in [7, 11) is 0. The number of hydrogen-bond donors (Lipinski definition) is 3. The lowest BCUT2D eigenvalue weighted by Gasteiger charge is -2.57. The summed E-state index contributed by atoms with van der Waals surface area (Å²) in [6.07, 6.45) is 11.2. The maximum Gasteiger partial charge on any atom is 0.178 e. The highest BCUT2D eigenvalue weighted by molar-refractivity contribution is 6.01. The van der Waals surface area contributed by atoms with Crippen molar-refractivity contribution < 1.29 is 20.1 Å². The fraction of sp³-hybridized carbons (Fsp3) is 0.667. The summed E-state index contributed by atoms with van der Waals surface area (Å²) in [6, 6.07) is 0. The number of allylic oxidation sites excluding steroid dienone is 3. The lowest BCUT2D eigenvalue weighted by atomic mass is 9.48. The summed E-state index contributed by atoms with van der Waals surface area (Å²) in [5, 5.41) is 32.7. The Morgan fingerprint density at radius 1 is 1.36 bits per heavy atom. The van der Waals surface area contributed by atoms with E-state index in [2.05, 4.69) is 5.92 Å². The predicted molar refractivity (Wildman–Crippen MR) is 93.1 cm³/mol. The molecule has 0 amide bonds. The molecule has 4 nitrogen and oxygen atoms in total. The SMILES string of the molecule is C#C[C@]1(O)C[C@H](O)[C@H]2[C@@H]3[C@H](C)[C@H](O)C4=CC(=O)C=C[C@@H]4[C@H]3CC[C@@]21C. The quantitative estimate of drug-likeness (QED) is 0.583. The first kappa shape index (κ1) is 17.0. The van der Waals surface area contributed by atoms with Crippen molar-refractivity contribution in [2.75, 3.05) is 0 Å². The summed E-state index contributed by atoms with van der Waals surface area (Å²) in [5.74, 6) is 2.59. The number of carbonyl (C=O) groups is 1. The number of ketones is 1. The van der Waals surface area contributed by atoms with Gasteiger partial charge in [0, 0.05) is 17.8 Å². The van der Waals surface area contributed by atoms with Gasteiger partial charge in [-0.05, 0) is 54.2 Å². The number of hydrogen-bond acceptors (Lipinski definition) is 4. The van der Waals surface area contributed by atoms with Crippen molar-refractivity contribution in [2.45, 2.75) is 50.9 Å². The zero-order valence-corrected chi connectivity index (χ0v) is 14.7. The molecule has 3 fully saturated rings. The number of fused-ring (bicyclic) bond motifs is 5. The molecule has 0 radical (unpaired) electrons. The van der Waals surface area contributed by atoms with Gasteiger partial charge in [0.05, 0.1) is 12.2 Å². The summed E-state index contributed by atoms with van der Waals surface area (Å²) >= 11 is 0. The van der Waals surface area contributed by atoms with Crippen LogP contribution in [0.3, 0.4) is 0 Å². The maximum atomic E-state index is 11.8. The first-order chi connectivity index (χ1) is 11.7. The standard InChI is InChI=1S/C21H26O4/c1-4-21(25)10-16(23)18-17-11(2)19(24)15-9-12(22)5-6-13(15)14(17)7-8-20(18,21)3/h1,5-6,9,11,13-14,16-19,23-25H,7-8,10H2,2-3H3/t11-,13+,14+,16-,17+,18-,19-,20-,21-/m0/s1. The van der Waals surface area contributed by atoms with Gasteiger partial charge < -0.3 is 15.3 Å². The number of aliphatic hydroxyl groups is 3. The second-order valence-electron chi connectivity index (χ2n) is 8.73. The molecule has 0 aromatic heterocycles. The average Bonchev–Trinajstić information content (AvgIpc) is 2.79. The highest BCUT2D eigenvalue weighted by Crippen LogP contribution is 2.65. The Bertz CT molecular complexity index is 716. The van der Waals surface area contributed by atoms with Crippen molar-refractivity contribution in [2.24, 2.45) is 35.0 Å². The van der Waals surface area contributed by atoms with Gasteiger partial charge in [0.15, 0.2) is 5.78 Å². The minimum absolute atomic E-state index is 0.0326. The summed E-state index contributed by atoms with van der Waals surface area (Å²) in [4.78, 5) is 11.8. The molecule has 25 heavy (non-hydrogen) atoms. The highest BCUT2D eigenvalue weighted by atomic mass is 16.3. The van der Waals surface area contributed by atoms with Crippen LogP contribution in [0.15, 0.2) is 23.8 Å². The molecule has 0 aromatic carbocycles. The van der Waals surface area contributed by atoms with E-state index in [9.17, 15) is 20.1 Å². The van der Waals surface area contributed by atoms with Crippen molar-refractivity contribution >= 4 is 5.78 Å². The van der Waals surface area contributed by atoms with Gasteiger partial charge in [-0.25, -0.2) is 0 Å². The van der Waals surface area contributed by atoms with E-state index in [0.29, 0.717) is 0 Å². The minimum Gasteiger partial charge on any atom is -0.393 e. The fourth-order valence-electron chi connectivity index (χ4n) is 6.51. The van der Waals surface area contributed by atoms with Gasteiger partial charge in [-0.2, -0.15) is 0 Å². The predicted octanol–water partition coefficient (Wildman–Crippen LogP) is 1.46. The summed E-state index contributed by atoms with van der Waals surface area (Å²) in [6.45, 7) is 3.99. The molecule has 3 saturated carbocycles. The molecule has 0 unspecified atom stereocenters. The van der Waals surface area contributed by atoms with Crippen LogP contribution < -0.4 is 0 Å². The lowest BCUT2D eigenvalue weighted by molar-refractivity contribution is -0.125. The zero-order valence-electron chi connectivity index (χ0n) is 14.7. The van der Waals surface area contributed by atoms with Crippen LogP contribution in [0.25, 0.3) is 0 Å². The largest absolute Gasteiger partial charge is 0.393 e. The van der Waals surface area contributed by atoms with E-state index in [0.717, 1.165) is 18.4 Å². The number of terminal acetylenes is 1. The smallest absolute Gasteiger partial charge is 0.178 e. The Kier molecular flexibility index (Phi) is 3.61. The summed E-state index contributed by atoms with van der Waals surface area (Å²) < 4.78 is 0. The Morgan fingerprint density at radius 3 is 2.76 bits per heavy atom. The normalized spacial score (nSPS) is 54.2. The van der Waals surface area contributed by atoms with E-state index in [4.69, 9.17) is 6.42 Å². The molecule has 0 bridgehead atoms. The van der Waals surface area contributed by atoms with Crippen LogP contribution in [0, 0.1) is 47.3 Å². The van der Waals surface area contributed by atoms with Crippen LogP contribution in [0.2, 0.25) is 0 Å². The second-order valence-corrected chi connectivity index (χ2v) is 8.73. The van der Waals surface area contributed by atoms with Gasteiger partial charge in [-0.3, -0.25) is 4.79 Å². The Labute approximate surface area is 148 Å². The number of aliphatic hydroxyl groups excluding tert-OH is 2. The van der Waals surface area contributed by atoms with Crippen LogP contribution in [0.1, 0.15) is 33.1 Å². The van der Waals surface area contributed by atoms with Crippen LogP contribution in [0.4, 0.5) is 0 Å². The number of carbonyl (C=O) groups excluding carboxylic acids is 1. The zero-order chi connectivity index (χ0) is 18.1. The van der Waals surface area contributed by atoms with Crippen molar-refractivity contribution in [3.63, 3.8) is 0 Å². The summed E-state index contributed by atoms with van der Waals surface area (Å²) in [5.41, 5.74) is -1.04. The van der Waals surface area contributed by atoms with Crippen LogP contribution in [0.5, 0.6) is 0 Å². The molecule has 3 N–H and O–H groups in total. The van der Waals surface area contributed by atoms with Gasteiger partial charge in [0.1, 0.15) is 5.60 Å². The monoisotopic (exact) mass is 342 g/mol. The third-order valence-corrected chi connectivity index (χ3v) is 7.81. The highest BCUT2D eigenvalue weighted by Gasteiger charge is 2.67. The van der Waals surface area contributed by atoms with Crippen molar-refractivity contribution in [1.29, 1.82) is 0 Å². The minimum atomic E-state index is -1.30.